The van der Waals surface area contributed by atoms with Crippen LogP contribution in [0.2, 0.25) is 0 Å². The third-order valence-electron chi connectivity index (χ3n) is 5.11. The van der Waals surface area contributed by atoms with Gasteiger partial charge in [-0.3, -0.25) is 9.59 Å². The van der Waals surface area contributed by atoms with Crippen molar-refractivity contribution in [2.24, 2.45) is 5.92 Å². The van der Waals surface area contributed by atoms with Crippen LogP contribution in [0.5, 0.6) is 0 Å². The van der Waals surface area contributed by atoms with Gasteiger partial charge in [-0.05, 0) is 67.2 Å². The Labute approximate surface area is 177 Å². The van der Waals surface area contributed by atoms with Crippen LogP contribution in [0, 0.1) is 5.92 Å². The number of carbonyl (C=O) groups is 2. The minimum absolute atomic E-state index is 0.0238. The second-order valence-electron chi connectivity index (χ2n) is 7.47. The van der Waals surface area contributed by atoms with Crippen LogP contribution in [0.3, 0.4) is 0 Å². The Hall–Kier alpha value is -2.73. The summed E-state index contributed by atoms with van der Waals surface area (Å²) in [4.78, 5) is 24.2. The van der Waals surface area contributed by atoms with Crippen LogP contribution in [0.1, 0.15) is 44.1 Å². The number of aryl methyl sites for hydroxylation is 1. The summed E-state index contributed by atoms with van der Waals surface area (Å²) in [5.74, 6) is 0.434. The highest BCUT2D eigenvalue weighted by Crippen LogP contribution is 2.27. The van der Waals surface area contributed by atoms with E-state index in [2.05, 4.69) is 16.0 Å². The molecule has 152 valence electrons. The predicted octanol–water partition coefficient (Wildman–Crippen LogP) is 4.65. The normalized spacial score (nSPS) is 13.7. The molecule has 0 aliphatic heterocycles. The Morgan fingerprint density at radius 2 is 1.48 bits per heavy atom. The van der Waals surface area contributed by atoms with Gasteiger partial charge >= 0.3 is 0 Å². The zero-order valence-electron chi connectivity index (χ0n) is 16.4. The van der Waals surface area contributed by atoms with E-state index in [9.17, 15) is 9.59 Å². The summed E-state index contributed by atoms with van der Waals surface area (Å²) >= 11 is 5.22. The molecule has 3 rings (SSSR count). The maximum Gasteiger partial charge on any atom is 0.226 e. The third kappa shape index (κ3) is 7.31. The maximum atomic E-state index is 12.1. The molecule has 3 N–H and O–H groups in total. The SMILES string of the molecule is O=C(CC1CCCC1)NC(=S)Nc1ccc(NC(=O)CCc2ccccc2)cc1. The van der Waals surface area contributed by atoms with Crippen LogP contribution in [0.4, 0.5) is 11.4 Å². The molecule has 0 saturated heterocycles. The van der Waals surface area contributed by atoms with Crippen LogP contribution in [-0.4, -0.2) is 16.9 Å². The standard InChI is InChI=1S/C23H27N3O2S/c27-21(15-10-17-6-2-1-3-7-17)24-19-11-13-20(14-12-19)25-23(29)26-22(28)16-18-8-4-5-9-18/h1-3,6-7,11-14,18H,4-5,8-10,15-16H2,(H,24,27)(H2,25,26,28,29). The fourth-order valence-corrected chi connectivity index (χ4v) is 3.81. The van der Waals surface area contributed by atoms with E-state index < -0.39 is 0 Å². The first-order chi connectivity index (χ1) is 14.1. The van der Waals surface area contributed by atoms with Gasteiger partial charge in [-0.1, -0.05) is 43.2 Å². The molecule has 0 aromatic heterocycles. The molecule has 1 fully saturated rings. The van der Waals surface area contributed by atoms with Gasteiger partial charge in [-0.15, -0.1) is 0 Å². The lowest BCUT2D eigenvalue weighted by Crippen LogP contribution is -2.34. The van der Waals surface area contributed by atoms with Crippen molar-refractivity contribution in [3.05, 3.63) is 60.2 Å². The number of benzene rings is 2. The molecule has 0 unspecified atom stereocenters. The van der Waals surface area contributed by atoms with Crippen molar-refractivity contribution < 1.29 is 9.59 Å². The summed E-state index contributed by atoms with van der Waals surface area (Å²) in [6, 6.07) is 17.2. The summed E-state index contributed by atoms with van der Waals surface area (Å²) in [7, 11) is 0. The van der Waals surface area contributed by atoms with E-state index in [4.69, 9.17) is 12.2 Å². The lowest BCUT2D eigenvalue weighted by atomic mass is 10.0. The zero-order chi connectivity index (χ0) is 20.5. The minimum atomic E-state index is -0.0308. The molecule has 1 saturated carbocycles. The Balaban J connectivity index is 1.40. The number of thiocarbonyl (C=S) groups is 1. The second-order valence-corrected chi connectivity index (χ2v) is 7.88. The molecule has 2 aromatic carbocycles. The van der Waals surface area contributed by atoms with Gasteiger partial charge in [0.2, 0.25) is 11.8 Å². The summed E-state index contributed by atoms with van der Waals surface area (Å²) in [5, 5.41) is 8.95. The Morgan fingerprint density at radius 3 is 2.14 bits per heavy atom. The van der Waals surface area contributed by atoms with Gasteiger partial charge in [-0.25, -0.2) is 0 Å². The van der Waals surface area contributed by atoms with Crippen LogP contribution in [0.15, 0.2) is 54.6 Å². The first-order valence-electron chi connectivity index (χ1n) is 10.1. The molecule has 2 amide bonds. The molecule has 1 aliphatic rings. The largest absolute Gasteiger partial charge is 0.332 e. The first-order valence-corrected chi connectivity index (χ1v) is 10.5. The predicted molar refractivity (Wildman–Crippen MR) is 121 cm³/mol. The number of nitrogens with one attached hydrogen (secondary N) is 3. The van der Waals surface area contributed by atoms with Gasteiger partial charge in [0.15, 0.2) is 5.11 Å². The third-order valence-corrected chi connectivity index (χ3v) is 5.32. The van der Waals surface area contributed by atoms with Gasteiger partial charge in [0.05, 0.1) is 0 Å². The molecule has 0 spiro atoms. The van der Waals surface area contributed by atoms with Crippen molar-refractivity contribution in [2.75, 3.05) is 10.6 Å². The van der Waals surface area contributed by atoms with Crippen LogP contribution in [-0.2, 0) is 16.0 Å². The van der Waals surface area contributed by atoms with E-state index in [0.717, 1.165) is 29.8 Å². The number of amides is 2. The number of rotatable bonds is 7. The molecule has 29 heavy (non-hydrogen) atoms. The van der Waals surface area contributed by atoms with Crippen LogP contribution < -0.4 is 16.0 Å². The van der Waals surface area contributed by atoms with Gasteiger partial charge < -0.3 is 16.0 Å². The van der Waals surface area contributed by atoms with E-state index >= 15 is 0 Å². The summed E-state index contributed by atoms with van der Waals surface area (Å²) in [5.41, 5.74) is 2.63. The number of hydrogen-bond donors (Lipinski definition) is 3. The van der Waals surface area contributed by atoms with Crippen molar-refractivity contribution in [2.45, 2.75) is 44.9 Å². The Bertz CT molecular complexity index is 831. The number of carbonyl (C=O) groups excluding carboxylic acids is 2. The van der Waals surface area contributed by atoms with Gasteiger partial charge in [0.25, 0.3) is 0 Å². The molecule has 1 aliphatic carbocycles. The van der Waals surface area contributed by atoms with Crippen LogP contribution >= 0.6 is 12.2 Å². The summed E-state index contributed by atoms with van der Waals surface area (Å²) in [6.45, 7) is 0. The minimum Gasteiger partial charge on any atom is -0.332 e. The van der Waals surface area contributed by atoms with Crippen molar-refractivity contribution in [1.29, 1.82) is 0 Å². The molecule has 6 heteroatoms. The van der Waals surface area contributed by atoms with Gasteiger partial charge in [0.1, 0.15) is 0 Å². The highest BCUT2D eigenvalue weighted by Gasteiger charge is 2.18. The van der Waals surface area contributed by atoms with E-state index in [1.807, 2.05) is 54.6 Å². The average molecular weight is 410 g/mol. The lowest BCUT2D eigenvalue weighted by Gasteiger charge is -2.12. The molecule has 2 aromatic rings. The molecule has 5 nitrogen and oxygen atoms in total. The second kappa shape index (κ2) is 10.7. The molecule has 0 atom stereocenters. The van der Waals surface area contributed by atoms with Crippen molar-refractivity contribution >= 4 is 40.5 Å². The van der Waals surface area contributed by atoms with Crippen molar-refractivity contribution in [1.82, 2.24) is 5.32 Å². The zero-order valence-corrected chi connectivity index (χ0v) is 17.3. The van der Waals surface area contributed by atoms with Gasteiger partial charge in [-0.2, -0.15) is 0 Å². The van der Waals surface area contributed by atoms with E-state index in [0.29, 0.717) is 30.3 Å². The van der Waals surface area contributed by atoms with Crippen molar-refractivity contribution in [3.8, 4) is 0 Å². The van der Waals surface area contributed by atoms with E-state index in [1.165, 1.54) is 12.8 Å². The number of hydrogen-bond acceptors (Lipinski definition) is 3. The van der Waals surface area contributed by atoms with E-state index in [-0.39, 0.29) is 11.8 Å². The fourth-order valence-electron chi connectivity index (χ4n) is 3.58. The molecular weight excluding hydrogens is 382 g/mol. The van der Waals surface area contributed by atoms with E-state index in [1.54, 1.807) is 0 Å². The Morgan fingerprint density at radius 1 is 0.862 bits per heavy atom. The Kier molecular flexibility index (Phi) is 7.76. The molecule has 0 heterocycles. The maximum absolute atomic E-state index is 12.1. The molecule has 0 bridgehead atoms. The van der Waals surface area contributed by atoms with Crippen molar-refractivity contribution in [3.63, 3.8) is 0 Å². The first kappa shape index (κ1) is 21.0. The summed E-state index contributed by atoms with van der Waals surface area (Å²) in [6.07, 6.45) is 6.38. The molecular formula is C23H27N3O2S. The number of anilines is 2. The smallest absolute Gasteiger partial charge is 0.226 e. The highest BCUT2D eigenvalue weighted by molar-refractivity contribution is 7.80. The average Bonchev–Trinajstić information content (AvgIpc) is 3.21. The van der Waals surface area contributed by atoms with Crippen LogP contribution in [0.25, 0.3) is 0 Å². The topological polar surface area (TPSA) is 70.2 Å². The highest BCUT2D eigenvalue weighted by atomic mass is 32.1. The summed E-state index contributed by atoms with van der Waals surface area (Å²) < 4.78 is 0. The fraction of sp³-hybridized carbons (Fsp3) is 0.348. The quantitative estimate of drug-likeness (QED) is 0.582. The van der Waals surface area contributed by atoms with Gasteiger partial charge in [0, 0.05) is 24.2 Å². The molecule has 0 radical (unpaired) electrons. The lowest BCUT2D eigenvalue weighted by molar-refractivity contribution is -0.120. The monoisotopic (exact) mass is 409 g/mol.